The number of pyridine rings is 1. The fourth-order valence-electron chi connectivity index (χ4n) is 2.09. The van der Waals surface area contributed by atoms with E-state index >= 15 is 0 Å². The summed E-state index contributed by atoms with van der Waals surface area (Å²) in [6, 6.07) is 1.77. The summed E-state index contributed by atoms with van der Waals surface area (Å²) in [7, 11) is 0. The second kappa shape index (κ2) is 6.67. The molecule has 0 saturated heterocycles. The van der Waals surface area contributed by atoms with Crippen molar-refractivity contribution in [1.82, 2.24) is 4.98 Å². The standard InChI is InChI=1S/C12H15Cl2NO.ClH/c1-8-10(7-13)11(6-12(14)15-8)16-9-4-2-3-5-9;/h6,9H,2-5,7H2,1H3;1H. The zero-order valence-corrected chi connectivity index (χ0v) is 12.0. The molecule has 1 aliphatic rings. The van der Waals surface area contributed by atoms with Crippen LogP contribution in [0.2, 0.25) is 5.15 Å². The number of rotatable bonds is 3. The summed E-state index contributed by atoms with van der Waals surface area (Å²) in [6.45, 7) is 1.91. The molecular weight excluding hydrogens is 280 g/mol. The Morgan fingerprint density at radius 3 is 2.65 bits per heavy atom. The van der Waals surface area contributed by atoms with Crippen LogP contribution in [0.4, 0.5) is 0 Å². The summed E-state index contributed by atoms with van der Waals surface area (Å²) in [4.78, 5) is 4.18. The van der Waals surface area contributed by atoms with Gasteiger partial charge in [-0.3, -0.25) is 0 Å². The van der Waals surface area contributed by atoms with Crippen LogP contribution in [0.5, 0.6) is 5.75 Å². The molecule has 0 atom stereocenters. The molecule has 1 heterocycles. The Kier molecular flexibility index (Phi) is 5.84. The van der Waals surface area contributed by atoms with Gasteiger partial charge in [-0.2, -0.15) is 0 Å². The summed E-state index contributed by atoms with van der Waals surface area (Å²) in [5.41, 5.74) is 1.81. The van der Waals surface area contributed by atoms with Crippen molar-refractivity contribution in [3.63, 3.8) is 0 Å². The van der Waals surface area contributed by atoms with Crippen LogP contribution in [-0.4, -0.2) is 11.1 Å². The highest BCUT2D eigenvalue weighted by Crippen LogP contribution is 2.30. The molecule has 0 N–H and O–H groups in total. The van der Waals surface area contributed by atoms with E-state index in [1.165, 1.54) is 12.8 Å². The van der Waals surface area contributed by atoms with Crippen molar-refractivity contribution in [2.75, 3.05) is 0 Å². The molecule has 0 amide bonds. The Bertz CT molecular complexity index is 378. The van der Waals surface area contributed by atoms with E-state index in [9.17, 15) is 0 Å². The normalized spacial score (nSPS) is 15.7. The molecular formula is C12H16Cl3NO. The second-order valence-electron chi connectivity index (χ2n) is 4.17. The minimum atomic E-state index is 0. The van der Waals surface area contributed by atoms with Gasteiger partial charge in [-0.1, -0.05) is 11.6 Å². The summed E-state index contributed by atoms with van der Waals surface area (Å²) < 4.78 is 5.95. The highest BCUT2D eigenvalue weighted by molar-refractivity contribution is 6.29. The zero-order chi connectivity index (χ0) is 11.5. The van der Waals surface area contributed by atoms with Gasteiger partial charge in [0.15, 0.2) is 0 Å². The zero-order valence-electron chi connectivity index (χ0n) is 9.71. The average Bonchev–Trinajstić information content (AvgIpc) is 2.70. The van der Waals surface area contributed by atoms with Crippen molar-refractivity contribution < 1.29 is 4.74 Å². The van der Waals surface area contributed by atoms with Crippen molar-refractivity contribution in [3.8, 4) is 5.75 Å². The van der Waals surface area contributed by atoms with E-state index in [4.69, 9.17) is 27.9 Å². The van der Waals surface area contributed by atoms with Gasteiger partial charge in [-0.25, -0.2) is 4.98 Å². The largest absolute Gasteiger partial charge is 0.490 e. The maximum absolute atomic E-state index is 5.95. The van der Waals surface area contributed by atoms with Crippen LogP contribution in [-0.2, 0) is 5.88 Å². The third kappa shape index (κ3) is 3.64. The van der Waals surface area contributed by atoms with Gasteiger partial charge in [0.25, 0.3) is 0 Å². The topological polar surface area (TPSA) is 22.1 Å². The Balaban J connectivity index is 0.00000144. The molecule has 1 fully saturated rings. The molecule has 1 aromatic heterocycles. The summed E-state index contributed by atoms with van der Waals surface area (Å²) in [5.74, 6) is 1.22. The molecule has 0 unspecified atom stereocenters. The fourth-order valence-corrected chi connectivity index (χ4v) is 2.64. The number of nitrogens with zero attached hydrogens (tertiary/aromatic N) is 1. The summed E-state index contributed by atoms with van der Waals surface area (Å²) in [6.07, 6.45) is 5.07. The number of ether oxygens (including phenoxy) is 1. The average molecular weight is 297 g/mol. The molecule has 17 heavy (non-hydrogen) atoms. The van der Waals surface area contributed by atoms with E-state index in [0.717, 1.165) is 29.8 Å². The number of alkyl halides is 1. The van der Waals surface area contributed by atoms with Crippen molar-refractivity contribution in [1.29, 1.82) is 0 Å². The van der Waals surface area contributed by atoms with Gasteiger partial charge in [0.05, 0.1) is 12.0 Å². The van der Waals surface area contributed by atoms with E-state index in [1.54, 1.807) is 6.07 Å². The smallest absolute Gasteiger partial charge is 0.133 e. The van der Waals surface area contributed by atoms with Crippen molar-refractivity contribution in [2.45, 2.75) is 44.6 Å². The minimum absolute atomic E-state index is 0. The number of aryl methyl sites for hydroxylation is 1. The number of hydrogen-bond acceptors (Lipinski definition) is 2. The number of hydrogen-bond donors (Lipinski definition) is 0. The molecule has 5 heteroatoms. The predicted molar refractivity (Wildman–Crippen MR) is 73.7 cm³/mol. The van der Waals surface area contributed by atoms with Crippen LogP contribution in [0.15, 0.2) is 6.07 Å². The lowest BCUT2D eigenvalue weighted by molar-refractivity contribution is 0.208. The van der Waals surface area contributed by atoms with Gasteiger partial charge < -0.3 is 4.74 Å². The molecule has 96 valence electrons. The maximum atomic E-state index is 5.95. The highest BCUT2D eigenvalue weighted by Gasteiger charge is 2.19. The minimum Gasteiger partial charge on any atom is -0.490 e. The Labute approximate surface area is 118 Å². The lowest BCUT2D eigenvalue weighted by Crippen LogP contribution is -2.12. The third-order valence-electron chi connectivity index (χ3n) is 2.99. The predicted octanol–water partition coefficient (Wildman–Crippen LogP) is 4.53. The molecule has 0 bridgehead atoms. The van der Waals surface area contributed by atoms with Gasteiger partial charge in [0.2, 0.25) is 0 Å². The molecule has 0 radical (unpaired) electrons. The SMILES string of the molecule is Cc1nc(Cl)cc(OC2CCCC2)c1CCl.Cl. The molecule has 1 saturated carbocycles. The Hall–Kier alpha value is -0.180. The molecule has 1 aliphatic carbocycles. The van der Waals surface area contributed by atoms with Crippen LogP contribution in [0, 0.1) is 6.92 Å². The Morgan fingerprint density at radius 1 is 1.41 bits per heavy atom. The molecule has 1 aromatic rings. The van der Waals surface area contributed by atoms with Crippen molar-refractivity contribution in [2.24, 2.45) is 0 Å². The summed E-state index contributed by atoms with van der Waals surface area (Å²) in [5, 5.41) is 0.472. The molecule has 2 nitrogen and oxygen atoms in total. The maximum Gasteiger partial charge on any atom is 0.133 e. The van der Waals surface area contributed by atoms with E-state index in [2.05, 4.69) is 4.98 Å². The van der Waals surface area contributed by atoms with Gasteiger partial charge in [-0.15, -0.1) is 24.0 Å². The quantitative estimate of drug-likeness (QED) is 0.604. The highest BCUT2D eigenvalue weighted by atomic mass is 35.5. The molecule has 0 aliphatic heterocycles. The van der Waals surface area contributed by atoms with E-state index in [1.807, 2.05) is 6.92 Å². The molecule has 0 spiro atoms. The van der Waals surface area contributed by atoms with Crippen LogP contribution >= 0.6 is 35.6 Å². The van der Waals surface area contributed by atoms with Gasteiger partial charge in [0, 0.05) is 17.3 Å². The van der Waals surface area contributed by atoms with Gasteiger partial charge in [0.1, 0.15) is 10.9 Å². The van der Waals surface area contributed by atoms with Gasteiger partial charge in [-0.05, 0) is 32.6 Å². The first-order valence-corrected chi connectivity index (χ1v) is 6.50. The Morgan fingerprint density at radius 2 is 2.06 bits per heavy atom. The van der Waals surface area contributed by atoms with Crippen LogP contribution in [0.3, 0.4) is 0 Å². The van der Waals surface area contributed by atoms with Gasteiger partial charge >= 0.3 is 0 Å². The van der Waals surface area contributed by atoms with Crippen LogP contribution in [0.25, 0.3) is 0 Å². The monoisotopic (exact) mass is 295 g/mol. The van der Waals surface area contributed by atoms with E-state index in [-0.39, 0.29) is 12.4 Å². The number of halogens is 3. The fraction of sp³-hybridized carbons (Fsp3) is 0.583. The first kappa shape index (κ1) is 14.9. The molecule has 0 aromatic carbocycles. The second-order valence-corrected chi connectivity index (χ2v) is 4.82. The van der Waals surface area contributed by atoms with Crippen LogP contribution in [0.1, 0.15) is 36.9 Å². The number of aromatic nitrogens is 1. The lowest BCUT2D eigenvalue weighted by atomic mass is 10.2. The first-order chi connectivity index (χ1) is 7.70. The summed E-state index contributed by atoms with van der Waals surface area (Å²) >= 11 is 11.8. The van der Waals surface area contributed by atoms with Crippen molar-refractivity contribution in [3.05, 3.63) is 22.5 Å². The van der Waals surface area contributed by atoms with E-state index < -0.39 is 0 Å². The third-order valence-corrected chi connectivity index (χ3v) is 3.45. The lowest BCUT2D eigenvalue weighted by Gasteiger charge is -2.17. The van der Waals surface area contributed by atoms with Crippen molar-refractivity contribution >= 4 is 35.6 Å². The first-order valence-electron chi connectivity index (χ1n) is 5.59. The molecule has 2 rings (SSSR count). The van der Waals surface area contributed by atoms with E-state index in [0.29, 0.717) is 17.1 Å². The van der Waals surface area contributed by atoms with Crippen LogP contribution < -0.4 is 4.74 Å².